The van der Waals surface area contributed by atoms with Crippen molar-refractivity contribution < 1.29 is 9.53 Å². The zero-order valence-electron chi connectivity index (χ0n) is 19.8. The van der Waals surface area contributed by atoms with Gasteiger partial charge < -0.3 is 4.74 Å². The van der Waals surface area contributed by atoms with Crippen molar-refractivity contribution >= 4 is 17.6 Å². The summed E-state index contributed by atoms with van der Waals surface area (Å²) in [6.45, 7) is 17.4. The number of hydrogen-bond donors (Lipinski definition) is 0. The number of carbonyl (C=O) groups is 1. The maximum Gasteiger partial charge on any atom is 0.327 e. The van der Waals surface area contributed by atoms with E-state index in [0.717, 1.165) is 12.8 Å². The summed E-state index contributed by atoms with van der Waals surface area (Å²) in [5.41, 5.74) is 2.16. The molecule has 3 heteroatoms. The third-order valence-electron chi connectivity index (χ3n) is 8.49. The van der Waals surface area contributed by atoms with Crippen LogP contribution in [0, 0.1) is 16.7 Å². The first-order valence-corrected chi connectivity index (χ1v) is 11.6. The van der Waals surface area contributed by atoms with E-state index in [1.807, 2.05) is 6.92 Å². The molecule has 0 spiro atoms. The van der Waals surface area contributed by atoms with Crippen LogP contribution in [0.15, 0.2) is 30.3 Å². The molecular formula is C26H41ClO2. The minimum Gasteiger partial charge on any atom is -0.460 e. The number of esters is 1. The fourth-order valence-corrected chi connectivity index (χ4v) is 4.84. The first-order valence-electron chi connectivity index (χ1n) is 11.3. The van der Waals surface area contributed by atoms with Crippen molar-refractivity contribution in [3.05, 3.63) is 35.9 Å². The molecule has 0 amide bonds. The predicted octanol–water partition coefficient (Wildman–Crippen LogP) is 7.53. The number of fused-ring (bicyclic) bond motifs is 2. The van der Waals surface area contributed by atoms with Gasteiger partial charge in [-0.3, -0.25) is 4.79 Å². The van der Waals surface area contributed by atoms with E-state index in [-0.39, 0.29) is 22.9 Å². The Morgan fingerprint density at radius 3 is 2.10 bits per heavy atom. The Morgan fingerprint density at radius 1 is 1.10 bits per heavy atom. The van der Waals surface area contributed by atoms with Gasteiger partial charge in [0, 0.05) is 5.41 Å². The smallest absolute Gasteiger partial charge is 0.327 e. The average molecular weight is 421 g/mol. The standard InChI is InChI=1S/C15H25ClO2.C11H16/c1-6-15(5,16)12(17)18-11-9-10-7-8-14(11,4)13(10,2)3;1-4-11(2,3)10-8-6-5-7-9-10/h10-11H,6-9H2,1-5H3;5-9H,4H2,1-3H3. The molecule has 2 saturated carbocycles. The number of benzene rings is 1. The van der Waals surface area contributed by atoms with Crippen molar-refractivity contribution in [3.63, 3.8) is 0 Å². The lowest BCUT2D eigenvalue weighted by molar-refractivity contribution is -0.159. The molecule has 0 saturated heterocycles. The molecule has 2 nitrogen and oxygen atoms in total. The highest BCUT2D eigenvalue weighted by Gasteiger charge is 2.63. The lowest BCUT2D eigenvalue weighted by atomic mass is 9.70. The second-order valence-corrected chi connectivity index (χ2v) is 11.5. The molecule has 1 aromatic rings. The second kappa shape index (κ2) is 8.61. The van der Waals surface area contributed by atoms with Gasteiger partial charge in [0.1, 0.15) is 11.0 Å². The predicted molar refractivity (Wildman–Crippen MR) is 123 cm³/mol. The van der Waals surface area contributed by atoms with E-state index in [2.05, 4.69) is 71.9 Å². The van der Waals surface area contributed by atoms with Gasteiger partial charge in [-0.15, -0.1) is 11.6 Å². The normalized spacial score (nSPS) is 29.6. The number of ether oxygens (including phenoxy) is 1. The summed E-state index contributed by atoms with van der Waals surface area (Å²) in [6.07, 6.45) is 5.27. The molecular weight excluding hydrogens is 380 g/mol. The average Bonchev–Trinajstić information content (AvgIpc) is 3.02. The van der Waals surface area contributed by atoms with Gasteiger partial charge in [0.25, 0.3) is 0 Å². The first kappa shape index (κ1) is 24.3. The Bertz CT molecular complexity index is 692. The van der Waals surface area contributed by atoms with Crippen LogP contribution in [0.1, 0.15) is 93.1 Å². The number of rotatable bonds is 5. The first-order chi connectivity index (χ1) is 13.3. The quantitative estimate of drug-likeness (QED) is 0.363. The Hall–Kier alpha value is -1.02. The van der Waals surface area contributed by atoms with E-state index in [9.17, 15) is 4.79 Å². The van der Waals surface area contributed by atoms with Crippen LogP contribution in [-0.2, 0) is 14.9 Å². The fraction of sp³-hybridized carbons (Fsp3) is 0.731. The van der Waals surface area contributed by atoms with E-state index < -0.39 is 4.87 Å². The van der Waals surface area contributed by atoms with Gasteiger partial charge in [0.15, 0.2) is 0 Å². The Morgan fingerprint density at radius 2 is 1.69 bits per heavy atom. The van der Waals surface area contributed by atoms with E-state index in [1.165, 1.54) is 18.4 Å². The second-order valence-electron chi connectivity index (χ2n) is 10.7. The van der Waals surface area contributed by atoms with Gasteiger partial charge in [0.05, 0.1) is 0 Å². The molecule has 3 rings (SSSR count). The molecule has 2 aliphatic rings. The van der Waals surface area contributed by atoms with Crippen molar-refractivity contribution in [3.8, 4) is 0 Å². The van der Waals surface area contributed by atoms with Crippen LogP contribution in [0.2, 0.25) is 0 Å². The summed E-state index contributed by atoms with van der Waals surface area (Å²) in [5.74, 6) is 0.435. The summed E-state index contributed by atoms with van der Waals surface area (Å²) in [6, 6.07) is 10.7. The summed E-state index contributed by atoms with van der Waals surface area (Å²) >= 11 is 6.19. The van der Waals surface area contributed by atoms with E-state index in [4.69, 9.17) is 16.3 Å². The molecule has 2 fully saturated rings. The third-order valence-corrected chi connectivity index (χ3v) is 8.91. The molecule has 0 radical (unpaired) electrons. The number of halogens is 1. The molecule has 0 heterocycles. The topological polar surface area (TPSA) is 26.3 Å². The van der Waals surface area contributed by atoms with E-state index in [1.54, 1.807) is 6.92 Å². The van der Waals surface area contributed by atoms with Crippen molar-refractivity contribution in [2.75, 3.05) is 0 Å². The molecule has 4 atom stereocenters. The zero-order valence-corrected chi connectivity index (χ0v) is 20.5. The number of hydrogen-bond acceptors (Lipinski definition) is 2. The summed E-state index contributed by atoms with van der Waals surface area (Å²) in [5, 5.41) is 0. The van der Waals surface area contributed by atoms with Crippen LogP contribution in [0.3, 0.4) is 0 Å². The van der Waals surface area contributed by atoms with Gasteiger partial charge in [-0.25, -0.2) is 0 Å². The van der Waals surface area contributed by atoms with Gasteiger partial charge in [-0.2, -0.15) is 0 Å². The summed E-state index contributed by atoms with van der Waals surface area (Å²) in [4.78, 5) is 11.3. The third kappa shape index (κ3) is 4.68. The van der Waals surface area contributed by atoms with Crippen molar-refractivity contribution in [2.24, 2.45) is 16.7 Å². The van der Waals surface area contributed by atoms with Crippen LogP contribution in [0.25, 0.3) is 0 Å². The van der Waals surface area contributed by atoms with E-state index >= 15 is 0 Å². The van der Waals surface area contributed by atoms with E-state index in [0.29, 0.717) is 17.8 Å². The van der Waals surface area contributed by atoms with Gasteiger partial charge in [-0.05, 0) is 61.3 Å². The zero-order chi connectivity index (χ0) is 22.1. The monoisotopic (exact) mass is 420 g/mol. The van der Waals surface area contributed by atoms with Crippen LogP contribution in [0.5, 0.6) is 0 Å². The lowest BCUT2D eigenvalue weighted by Crippen LogP contribution is -2.42. The van der Waals surface area contributed by atoms with Crippen molar-refractivity contribution in [2.45, 2.75) is 104 Å². The molecule has 0 N–H and O–H groups in total. The minimum absolute atomic E-state index is 0.0448. The summed E-state index contributed by atoms with van der Waals surface area (Å²) < 4.78 is 5.77. The van der Waals surface area contributed by atoms with Crippen LogP contribution in [-0.4, -0.2) is 16.9 Å². The SMILES string of the molecule is CCC(C)(C)c1ccccc1.CCC(C)(Cl)C(=O)OC1CC2CCC1(C)C2(C)C. The summed E-state index contributed by atoms with van der Waals surface area (Å²) in [7, 11) is 0. The van der Waals surface area contributed by atoms with Crippen molar-refractivity contribution in [1.82, 2.24) is 0 Å². The Balaban J connectivity index is 0.000000234. The minimum atomic E-state index is -0.873. The van der Waals surface area contributed by atoms with Gasteiger partial charge in [-0.1, -0.05) is 78.8 Å². The molecule has 4 unspecified atom stereocenters. The molecule has 0 aromatic heterocycles. The van der Waals surface area contributed by atoms with Crippen LogP contribution >= 0.6 is 11.6 Å². The highest BCUT2D eigenvalue weighted by Crippen LogP contribution is 2.66. The largest absolute Gasteiger partial charge is 0.460 e. The number of alkyl halides is 1. The highest BCUT2D eigenvalue weighted by atomic mass is 35.5. The molecule has 164 valence electrons. The maximum absolute atomic E-state index is 12.1. The Kier molecular flexibility index (Phi) is 7.20. The van der Waals surface area contributed by atoms with Crippen molar-refractivity contribution in [1.29, 1.82) is 0 Å². The lowest BCUT2D eigenvalue weighted by Gasteiger charge is -2.39. The van der Waals surface area contributed by atoms with Crippen LogP contribution < -0.4 is 0 Å². The van der Waals surface area contributed by atoms with Gasteiger partial charge in [0.2, 0.25) is 0 Å². The molecule has 29 heavy (non-hydrogen) atoms. The Labute approximate surface area is 183 Å². The fourth-order valence-electron chi connectivity index (χ4n) is 4.80. The molecule has 2 aliphatic carbocycles. The molecule has 2 bridgehead atoms. The van der Waals surface area contributed by atoms with Crippen LogP contribution in [0.4, 0.5) is 0 Å². The molecule has 1 aromatic carbocycles. The molecule has 0 aliphatic heterocycles. The maximum atomic E-state index is 12.1. The number of carbonyl (C=O) groups excluding carboxylic acids is 1. The van der Waals surface area contributed by atoms with Gasteiger partial charge >= 0.3 is 5.97 Å². The highest BCUT2D eigenvalue weighted by molar-refractivity contribution is 6.33.